The van der Waals surface area contributed by atoms with Crippen molar-refractivity contribution < 1.29 is 9.13 Å². The van der Waals surface area contributed by atoms with Crippen molar-refractivity contribution >= 4 is 0 Å². The standard InChI is InChI=1S/C26H24FN3O/c27-25-9-5-4-8-24(25)26-22(18-29-14-16-31-17-15-29)19-30(28-26)23-12-10-21(11-13-23)20-6-2-1-3-7-20/h1-13,19H,14-18H2. The summed E-state index contributed by atoms with van der Waals surface area (Å²) < 4.78 is 21.9. The van der Waals surface area contributed by atoms with Crippen LogP contribution < -0.4 is 0 Å². The maximum absolute atomic E-state index is 14.6. The molecule has 0 amide bonds. The summed E-state index contributed by atoms with van der Waals surface area (Å²) >= 11 is 0. The van der Waals surface area contributed by atoms with E-state index in [-0.39, 0.29) is 5.82 Å². The van der Waals surface area contributed by atoms with Crippen molar-refractivity contribution in [2.45, 2.75) is 6.54 Å². The molecule has 5 heteroatoms. The van der Waals surface area contributed by atoms with Gasteiger partial charge in [0.25, 0.3) is 0 Å². The predicted molar refractivity (Wildman–Crippen MR) is 120 cm³/mol. The quantitative estimate of drug-likeness (QED) is 0.452. The van der Waals surface area contributed by atoms with Crippen molar-refractivity contribution in [3.63, 3.8) is 0 Å². The third-order valence-corrected chi connectivity index (χ3v) is 5.66. The zero-order valence-electron chi connectivity index (χ0n) is 17.2. The van der Waals surface area contributed by atoms with E-state index in [1.807, 2.05) is 35.1 Å². The number of rotatable bonds is 5. The lowest BCUT2D eigenvalue weighted by atomic mass is 10.1. The van der Waals surface area contributed by atoms with E-state index in [4.69, 9.17) is 9.84 Å². The molecule has 2 heterocycles. The number of hydrogen-bond acceptors (Lipinski definition) is 3. The fourth-order valence-corrected chi connectivity index (χ4v) is 3.98. The number of aromatic nitrogens is 2. The third-order valence-electron chi connectivity index (χ3n) is 5.66. The minimum Gasteiger partial charge on any atom is -0.379 e. The topological polar surface area (TPSA) is 30.3 Å². The summed E-state index contributed by atoms with van der Waals surface area (Å²) in [5, 5.41) is 4.80. The van der Waals surface area contributed by atoms with Gasteiger partial charge in [0, 0.05) is 37.0 Å². The van der Waals surface area contributed by atoms with E-state index in [1.165, 1.54) is 11.6 Å². The molecule has 5 rings (SSSR count). The molecular weight excluding hydrogens is 389 g/mol. The van der Waals surface area contributed by atoms with Crippen LogP contribution in [0.2, 0.25) is 0 Å². The second-order valence-electron chi connectivity index (χ2n) is 7.73. The first kappa shape index (κ1) is 19.7. The number of ether oxygens (including phenoxy) is 1. The first-order chi connectivity index (χ1) is 15.3. The first-order valence-corrected chi connectivity index (χ1v) is 10.6. The number of hydrogen-bond donors (Lipinski definition) is 0. The number of nitrogens with zero attached hydrogens (tertiary/aromatic N) is 3. The molecule has 0 spiro atoms. The van der Waals surface area contributed by atoms with E-state index in [0.717, 1.165) is 49.7 Å². The molecule has 0 bridgehead atoms. The van der Waals surface area contributed by atoms with Crippen molar-refractivity contribution in [1.82, 2.24) is 14.7 Å². The lowest BCUT2D eigenvalue weighted by molar-refractivity contribution is 0.0342. The predicted octanol–water partition coefficient (Wildman–Crippen LogP) is 5.18. The second kappa shape index (κ2) is 8.84. The van der Waals surface area contributed by atoms with Gasteiger partial charge in [0.1, 0.15) is 11.5 Å². The van der Waals surface area contributed by atoms with E-state index in [9.17, 15) is 4.39 Å². The van der Waals surface area contributed by atoms with Crippen LogP contribution in [0.3, 0.4) is 0 Å². The molecule has 31 heavy (non-hydrogen) atoms. The summed E-state index contributed by atoms with van der Waals surface area (Å²) in [6.45, 7) is 3.91. The molecule has 0 atom stereocenters. The van der Waals surface area contributed by atoms with E-state index >= 15 is 0 Å². The SMILES string of the molecule is Fc1ccccc1-c1nn(-c2ccc(-c3ccccc3)cc2)cc1CN1CCOCC1. The molecule has 0 saturated carbocycles. The van der Waals surface area contributed by atoms with Gasteiger partial charge < -0.3 is 4.74 Å². The van der Waals surface area contributed by atoms with Gasteiger partial charge in [0.15, 0.2) is 0 Å². The third kappa shape index (κ3) is 4.29. The molecule has 1 aliphatic rings. The first-order valence-electron chi connectivity index (χ1n) is 10.6. The Bertz CT molecular complexity index is 1150. The van der Waals surface area contributed by atoms with Gasteiger partial charge in [0.05, 0.1) is 18.9 Å². The maximum Gasteiger partial charge on any atom is 0.132 e. The lowest BCUT2D eigenvalue weighted by Crippen LogP contribution is -2.35. The summed E-state index contributed by atoms with van der Waals surface area (Å²) in [6, 6.07) is 25.4. The molecule has 0 radical (unpaired) electrons. The molecule has 0 N–H and O–H groups in total. The van der Waals surface area contributed by atoms with E-state index < -0.39 is 0 Å². The van der Waals surface area contributed by atoms with Gasteiger partial charge in [-0.1, -0.05) is 54.6 Å². The Morgan fingerprint density at radius 3 is 2.23 bits per heavy atom. The Morgan fingerprint density at radius 1 is 0.806 bits per heavy atom. The van der Waals surface area contributed by atoms with Crippen LogP contribution in [-0.2, 0) is 11.3 Å². The highest BCUT2D eigenvalue weighted by Crippen LogP contribution is 2.28. The number of morpholine rings is 1. The average Bonchev–Trinajstić information content (AvgIpc) is 3.24. The largest absolute Gasteiger partial charge is 0.379 e. The van der Waals surface area contributed by atoms with Crippen LogP contribution in [0.5, 0.6) is 0 Å². The molecule has 1 aliphatic heterocycles. The normalized spacial score (nSPS) is 14.6. The van der Waals surface area contributed by atoms with Crippen LogP contribution in [-0.4, -0.2) is 41.0 Å². The van der Waals surface area contributed by atoms with Gasteiger partial charge in [0.2, 0.25) is 0 Å². The average molecular weight is 413 g/mol. The Labute approximate surface area is 181 Å². The van der Waals surface area contributed by atoms with Crippen molar-refractivity contribution in [1.29, 1.82) is 0 Å². The van der Waals surface area contributed by atoms with Crippen molar-refractivity contribution in [3.8, 4) is 28.1 Å². The van der Waals surface area contributed by atoms with Gasteiger partial charge in [-0.2, -0.15) is 5.10 Å². The van der Waals surface area contributed by atoms with Crippen LogP contribution in [0.4, 0.5) is 4.39 Å². The Hall–Kier alpha value is -3.28. The highest BCUT2D eigenvalue weighted by molar-refractivity contribution is 5.66. The fourth-order valence-electron chi connectivity index (χ4n) is 3.98. The zero-order chi connectivity index (χ0) is 21.0. The van der Waals surface area contributed by atoms with Crippen molar-refractivity contribution in [2.75, 3.05) is 26.3 Å². The van der Waals surface area contributed by atoms with Crippen molar-refractivity contribution in [3.05, 3.63) is 96.4 Å². The Kier molecular flexibility index (Phi) is 5.61. The second-order valence-corrected chi connectivity index (χ2v) is 7.73. The van der Waals surface area contributed by atoms with Gasteiger partial charge >= 0.3 is 0 Å². The summed E-state index contributed by atoms with van der Waals surface area (Å²) in [6.07, 6.45) is 2.02. The molecule has 0 unspecified atom stereocenters. The van der Waals surface area contributed by atoms with Crippen LogP contribution in [0, 0.1) is 5.82 Å². The minimum absolute atomic E-state index is 0.254. The van der Waals surface area contributed by atoms with E-state index in [2.05, 4.69) is 41.3 Å². The van der Waals surface area contributed by atoms with Crippen LogP contribution in [0.1, 0.15) is 5.56 Å². The van der Waals surface area contributed by atoms with Gasteiger partial charge in [-0.15, -0.1) is 0 Å². The zero-order valence-corrected chi connectivity index (χ0v) is 17.2. The Morgan fingerprint density at radius 2 is 1.48 bits per heavy atom. The summed E-state index contributed by atoms with van der Waals surface area (Å²) in [5.74, 6) is -0.254. The maximum atomic E-state index is 14.6. The highest BCUT2D eigenvalue weighted by Gasteiger charge is 2.19. The lowest BCUT2D eigenvalue weighted by Gasteiger charge is -2.26. The van der Waals surface area contributed by atoms with Gasteiger partial charge in [-0.25, -0.2) is 9.07 Å². The van der Waals surface area contributed by atoms with E-state index in [1.54, 1.807) is 12.1 Å². The molecule has 0 aliphatic carbocycles. The summed E-state index contributed by atoms with van der Waals surface area (Å²) in [4.78, 5) is 2.33. The van der Waals surface area contributed by atoms with Crippen LogP contribution >= 0.6 is 0 Å². The summed E-state index contributed by atoms with van der Waals surface area (Å²) in [5.41, 5.74) is 5.51. The smallest absolute Gasteiger partial charge is 0.132 e. The monoisotopic (exact) mass is 413 g/mol. The molecular formula is C26H24FN3O. The fraction of sp³-hybridized carbons (Fsp3) is 0.192. The molecule has 3 aromatic carbocycles. The molecule has 1 saturated heterocycles. The van der Waals surface area contributed by atoms with E-state index in [0.29, 0.717) is 11.3 Å². The molecule has 156 valence electrons. The van der Waals surface area contributed by atoms with Crippen LogP contribution in [0.15, 0.2) is 85.1 Å². The minimum atomic E-state index is -0.254. The highest BCUT2D eigenvalue weighted by atomic mass is 19.1. The van der Waals surface area contributed by atoms with Gasteiger partial charge in [-0.3, -0.25) is 4.90 Å². The molecule has 1 aromatic heterocycles. The van der Waals surface area contributed by atoms with Crippen LogP contribution in [0.25, 0.3) is 28.1 Å². The number of benzene rings is 3. The Balaban J connectivity index is 1.50. The summed E-state index contributed by atoms with van der Waals surface area (Å²) in [7, 11) is 0. The molecule has 1 fully saturated rings. The van der Waals surface area contributed by atoms with Gasteiger partial charge in [-0.05, 0) is 35.4 Å². The number of halogens is 1. The molecule has 4 aromatic rings. The molecule has 4 nitrogen and oxygen atoms in total. The van der Waals surface area contributed by atoms with Crippen molar-refractivity contribution in [2.24, 2.45) is 0 Å².